The number of fused-ring (bicyclic) bond motifs is 1. The van der Waals surface area contributed by atoms with Gasteiger partial charge in [-0.3, -0.25) is 0 Å². The second-order valence-electron chi connectivity index (χ2n) is 5.39. The van der Waals surface area contributed by atoms with Crippen LogP contribution in [0.5, 0.6) is 11.5 Å². The zero-order valence-corrected chi connectivity index (χ0v) is 13.4. The molecule has 0 aliphatic carbocycles. The van der Waals surface area contributed by atoms with Crippen LogP contribution in [0, 0.1) is 5.92 Å². The van der Waals surface area contributed by atoms with Crippen molar-refractivity contribution in [3.8, 4) is 11.5 Å². The normalized spacial score (nSPS) is 15.0. The van der Waals surface area contributed by atoms with Crippen LogP contribution in [-0.4, -0.2) is 43.8 Å². The number of rotatable bonds is 5. The minimum absolute atomic E-state index is 0.233. The summed E-state index contributed by atoms with van der Waals surface area (Å²) < 4.78 is 10.7. The molecule has 118 valence electrons. The molecule has 0 atom stereocenters. The predicted molar refractivity (Wildman–Crippen MR) is 87.0 cm³/mol. The first kappa shape index (κ1) is 15.1. The SMILES string of the molecule is COc1cc2nc(Cl)nc(N3CC(CCN)C3)c2cc1OC. The monoisotopic (exact) mass is 322 g/mol. The Morgan fingerprint density at radius 3 is 2.55 bits per heavy atom. The molecule has 1 aliphatic rings. The van der Waals surface area contributed by atoms with E-state index in [0.717, 1.165) is 42.8 Å². The van der Waals surface area contributed by atoms with E-state index in [-0.39, 0.29) is 5.28 Å². The van der Waals surface area contributed by atoms with Crippen LogP contribution in [0.4, 0.5) is 5.82 Å². The highest BCUT2D eigenvalue weighted by molar-refractivity contribution is 6.28. The third-order valence-corrected chi connectivity index (χ3v) is 4.15. The molecule has 1 aromatic heterocycles. The Hall–Kier alpha value is -1.79. The number of nitrogens with two attached hydrogens (primary N) is 1. The molecule has 7 heteroatoms. The van der Waals surface area contributed by atoms with Gasteiger partial charge in [0.25, 0.3) is 0 Å². The number of anilines is 1. The molecule has 1 aliphatic heterocycles. The van der Waals surface area contributed by atoms with Gasteiger partial charge in [0.15, 0.2) is 11.5 Å². The van der Waals surface area contributed by atoms with Crippen molar-refractivity contribution in [2.75, 3.05) is 38.8 Å². The van der Waals surface area contributed by atoms with Gasteiger partial charge in [-0.2, -0.15) is 4.98 Å². The summed E-state index contributed by atoms with van der Waals surface area (Å²) in [5.74, 6) is 2.74. The number of aromatic nitrogens is 2. The topological polar surface area (TPSA) is 73.5 Å². The number of nitrogens with zero attached hydrogens (tertiary/aromatic N) is 3. The summed E-state index contributed by atoms with van der Waals surface area (Å²) in [5, 5.41) is 1.14. The molecule has 0 bridgehead atoms. The molecule has 2 heterocycles. The van der Waals surface area contributed by atoms with E-state index in [2.05, 4.69) is 14.9 Å². The van der Waals surface area contributed by atoms with E-state index in [1.807, 2.05) is 12.1 Å². The van der Waals surface area contributed by atoms with Crippen LogP contribution < -0.4 is 20.1 Å². The Bertz CT molecular complexity index is 689. The average Bonchev–Trinajstić information content (AvgIpc) is 2.48. The fourth-order valence-electron chi connectivity index (χ4n) is 2.81. The van der Waals surface area contributed by atoms with Crippen LogP contribution in [0.1, 0.15) is 6.42 Å². The average molecular weight is 323 g/mol. The van der Waals surface area contributed by atoms with Gasteiger partial charge in [-0.15, -0.1) is 0 Å². The smallest absolute Gasteiger partial charge is 0.224 e. The summed E-state index contributed by atoms with van der Waals surface area (Å²) in [6, 6.07) is 3.72. The van der Waals surface area contributed by atoms with Gasteiger partial charge in [0.05, 0.1) is 19.7 Å². The van der Waals surface area contributed by atoms with Crippen molar-refractivity contribution in [2.24, 2.45) is 11.7 Å². The van der Waals surface area contributed by atoms with Crippen LogP contribution in [0.3, 0.4) is 0 Å². The lowest BCUT2D eigenvalue weighted by Gasteiger charge is -2.40. The van der Waals surface area contributed by atoms with Gasteiger partial charge in [-0.05, 0) is 36.6 Å². The maximum atomic E-state index is 6.07. The fourth-order valence-corrected chi connectivity index (χ4v) is 2.99. The number of hydrogen-bond donors (Lipinski definition) is 1. The molecule has 22 heavy (non-hydrogen) atoms. The summed E-state index contributed by atoms with van der Waals surface area (Å²) in [6.07, 6.45) is 1.03. The molecule has 1 aromatic carbocycles. The standard InChI is InChI=1S/C15H19ClN4O2/c1-21-12-5-10-11(6-13(12)22-2)18-15(16)19-14(10)20-7-9(8-20)3-4-17/h5-6,9H,3-4,7-8,17H2,1-2H3. The Kier molecular flexibility index (Phi) is 4.22. The van der Waals surface area contributed by atoms with Crippen molar-refractivity contribution in [3.05, 3.63) is 17.4 Å². The molecular weight excluding hydrogens is 304 g/mol. The van der Waals surface area contributed by atoms with Gasteiger partial charge in [-0.25, -0.2) is 4.98 Å². The van der Waals surface area contributed by atoms with E-state index in [1.165, 1.54) is 0 Å². The van der Waals surface area contributed by atoms with E-state index in [0.29, 0.717) is 17.4 Å². The second kappa shape index (κ2) is 6.14. The molecule has 0 amide bonds. The molecule has 2 N–H and O–H groups in total. The van der Waals surface area contributed by atoms with Gasteiger partial charge < -0.3 is 20.1 Å². The predicted octanol–water partition coefficient (Wildman–Crippen LogP) is 2.09. The molecule has 6 nitrogen and oxygen atoms in total. The molecule has 1 fully saturated rings. The van der Waals surface area contributed by atoms with Crippen LogP contribution in [0.25, 0.3) is 10.9 Å². The molecule has 3 rings (SSSR count). The highest BCUT2D eigenvalue weighted by atomic mass is 35.5. The first-order valence-corrected chi connectivity index (χ1v) is 7.58. The quantitative estimate of drug-likeness (QED) is 0.850. The Balaban J connectivity index is 2.02. The molecule has 0 unspecified atom stereocenters. The fraction of sp³-hybridized carbons (Fsp3) is 0.467. The van der Waals surface area contributed by atoms with Crippen molar-refractivity contribution in [1.82, 2.24) is 9.97 Å². The summed E-state index contributed by atoms with van der Waals surface area (Å²) >= 11 is 6.07. The molecule has 0 saturated carbocycles. The second-order valence-corrected chi connectivity index (χ2v) is 5.73. The highest BCUT2D eigenvalue weighted by Gasteiger charge is 2.29. The summed E-state index contributed by atoms with van der Waals surface area (Å²) in [5.41, 5.74) is 6.36. The molecule has 1 saturated heterocycles. The Labute approximate surface area is 134 Å². The number of ether oxygens (including phenoxy) is 2. The first-order chi connectivity index (χ1) is 10.7. The maximum absolute atomic E-state index is 6.07. The Morgan fingerprint density at radius 2 is 1.91 bits per heavy atom. The zero-order chi connectivity index (χ0) is 15.7. The minimum atomic E-state index is 0.233. The highest BCUT2D eigenvalue weighted by Crippen LogP contribution is 2.37. The van der Waals surface area contributed by atoms with E-state index in [1.54, 1.807) is 14.2 Å². The van der Waals surface area contributed by atoms with E-state index in [9.17, 15) is 0 Å². The largest absolute Gasteiger partial charge is 0.493 e. The summed E-state index contributed by atoms with van der Waals surface area (Å²) in [6.45, 7) is 2.59. The van der Waals surface area contributed by atoms with E-state index >= 15 is 0 Å². The number of hydrogen-bond acceptors (Lipinski definition) is 6. The first-order valence-electron chi connectivity index (χ1n) is 7.20. The van der Waals surface area contributed by atoms with Gasteiger partial charge in [0.1, 0.15) is 5.82 Å². The van der Waals surface area contributed by atoms with Crippen LogP contribution >= 0.6 is 11.6 Å². The molecule has 0 radical (unpaired) electrons. The van der Waals surface area contributed by atoms with E-state index < -0.39 is 0 Å². The lowest BCUT2D eigenvalue weighted by atomic mass is 9.96. The number of benzene rings is 1. The Morgan fingerprint density at radius 1 is 1.23 bits per heavy atom. The van der Waals surface area contributed by atoms with Crippen molar-refractivity contribution < 1.29 is 9.47 Å². The third kappa shape index (κ3) is 2.64. The molecular formula is C15H19ClN4O2. The third-order valence-electron chi connectivity index (χ3n) is 3.99. The lowest BCUT2D eigenvalue weighted by molar-refractivity contribution is 0.355. The van der Waals surface area contributed by atoms with Crippen molar-refractivity contribution >= 4 is 28.3 Å². The number of methoxy groups -OCH3 is 2. The van der Waals surface area contributed by atoms with Crippen molar-refractivity contribution in [1.29, 1.82) is 0 Å². The van der Waals surface area contributed by atoms with Crippen molar-refractivity contribution in [3.63, 3.8) is 0 Å². The summed E-state index contributed by atoms with van der Waals surface area (Å²) in [4.78, 5) is 10.9. The number of halogens is 1. The van der Waals surface area contributed by atoms with Gasteiger partial charge >= 0.3 is 0 Å². The van der Waals surface area contributed by atoms with Gasteiger partial charge in [-0.1, -0.05) is 0 Å². The van der Waals surface area contributed by atoms with Crippen LogP contribution in [0.15, 0.2) is 12.1 Å². The summed E-state index contributed by atoms with van der Waals surface area (Å²) in [7, 11) is 3.21. The van der Waals surface area contributed by atoms with E-state index in [4.69, 9.17) is 26.8 Å². The van der Waals surface area contributed by atoms with Crippen LogP contribution in [-0.2, 0) is 0 Å². The van der Waals surface area contributed by atoms with Gasteiger partial charge in [0, 0.05) is 24.5 Å². The van der Waals surface area contributed by atoms with Gasteiger partial charge in [0.2, 0.25) is 5.28 Å². The lowest BCUT2D eigenvalue weighted by Crippen LogP contribution is -2.48. The zero-order valence-electron chi connectivity index (χ0n) is 12.7. The minimum Gasteiger partial charge on any atom is -0.493 e. The van der Waals surface area contributed by atoms with Crippen molar-refractivity contribution in [2.45, 2.75) is 6.42 Å². The molecule has 2 aromatic rings. The molecule has 0 spiro atoms. The van der Waals surface area contributed by atoms with Crippen LogP contribution in [0.2, 0.25) is 5.28 Å². The maximum Gasteiger partial charge on any atom is 0.224 e.